The molecule has 0 spiro atoms. The molecular formula is C13H12N4. The molecule has 4 heteroatoms. The molecule has 0 bridgehead atoms. The fourth-order valence-corrected chi connectivity index (χ4v) is 1.47. The molecule has 4 nitrogen and oxygen atoms in total. The number of hydrogen-bond acceptors (Lipinski definition) is 4. The Morgan fingerprint density at radius 3 is 2.06 bits per heavy atom. The van der Waals surface area contributed by atoms with E-state index in [1.807, 2.05) is 36.4 Å². The van der Waals surface area contributed by atoms with Crippen molar-refractivity contribution in [2.75, 3.05) is 0 Å². The predicted molar refractivity (Wildman–Crippen MR) is 68.3 cm³/mol. The van der Waals surface area contributed by atoms with Gasteiger partial charge in [0.15, 0.2) is 0 Å². The molecule has 0 aliphatic carbocycles. The highest BCUT2D eigenvalue weighted by molar-refractivity contribution is 6.16. The number of rotatable bonds is 3. The van der Waals surface area contributed by atoms with Crippen molar-refractivity contribution < 1.29 is 0 Å². The van der Waals surface area contributed by atoms with Gasteiger partial charge in [0.25, 0.3) is 0 Å². The van der Waals surface area contributed by atoms with Gasteiger partial charge < -0.3 is 11.1 Å². The Hall–Kier alpha value is -2.49. The molecule has 0 saturated heterocycles. The van der Waals surface area contributed by atoms with Gasteiger partial charge in [0.05, 0.1) is 17.1 Å². The quantitative estimate of drug-likeness (QED) is 0.782. The van der Waals surface area contributed by atoms with Gasteiger partial charge in [-0.3, -0.25) is 9.97 Å². The number of nitrogens with one attached hydrogen (secondary N) is 1. The van der Waals surface area contributed by atoms with Crippen LogP contribution < -0.4 is 5.73 Å². The van der Waals surface area contributed by atoms with E-state index in [1.165, 1.54) is 6.21 Å². The van der Waals surface area contributed by atoms with Crippen molar-refractivity contribution in [3.63, 3.8) is 0 Å². The minimum absolute atomic E-state index is 0.458. The first-order chi connectivity index (χ1) is 8.33. The van der Waals surface area contributed by atoms with Gasteiger partial charge in [-0.1, -0.05) is 12.1 Å². The molecule has 2 rings (SSSR count). The first-order valence-electron chi connectivity index (χ1n) is 5.16. The molecule has 0 aliphatic rings. The number of nitrogens with two attached hydrogens (primary N) is 1. The molecule has 0 atom stereocenters. The predicted octanol–water partition coefficient (Wildman–Crippen LogP) is 1.95. The summed E-state index contributed by atoms with van der Waals surface area (Å²) in [6.45, 7) is 0. The van der Waals surface area contributed by atoms with E-state index in [1.54, 1.807) is 12.4 Å². The summed E-state index contributed by atoms with van der Waals surface area (Å²) in [7, 11) is 0. The van der Waals surface area contributed by atoms with Crippen LogP contribution >= 0.6 is 0 Å². The van der Waals surface area contributed by atoms with Crippen LogP contribution in [-0.4, -0.2) is 16.2 Å². The summed E-state index contributed by atoms with van der Waals surface area (Å²) >= 11 is 0. The van der Waals surface area contributed by atoms with Gasteiger partial charge in [-0.25, -0.2) is 0 Å². The van der Waals surface area contributed by atoms with Crippen LogP contribution in [0.2, 0.25) is 0 Å². The summed E-state index contributed by atoms with van der Waals surface area (Å²) in [5.41, 5.74) is 8.36. The highest BCUT2D eigenvalue weighted by Crippen LogP contribution is 2.17. The van der Waals surface area contributed by atoms with Crippen molar-refractivity contribution in [2.24, 2.45) is 5.73 Å². The smallest absolute Gasteiger partial charge is 0.0866 e. The summed E-state index contributed by atoms with van der Waals surface area (Å²) in [5.74, 6) is 0. The van der Waals surface area contributed by atoms with E-state index in [9.17, 15) is 0 Å². The standard InChI is InChI=1S/C13H12N4/c14-9-10(11-5-1-3-7-16-11)13(15)12-6-2-4-8-17-12/h1-9,14H,15H2. The lowest BCUT2D eigenvalue weighted by Crippen LogP contribution is -2.04. The molecule has 0 radical (unpaired) electrons. The molecule has 0 unspecified atom stereocenters. The Balaban J connectivity index is 2.52. The molecule has 17 heavy (non-hydrogen) atoms. The average molecular weight is 224 g/mol. The lowest BCUT2D eigenvalue weighted by atomic mass is 10.1. The molecule has 0 fully saturated rings. The maximum absolute atomic E-state index is 7.45. The zero-order chi connectivity index (χ0) is 12.1. The third kappa shape index (κ3) is 2.36. The van der Waals surface area contributed by atoms with Gasteiger partial charge in [-0.15, -0.1) is 0 Å². The van der Waals surface area contributed by atoms with E-state index in [0.29, 0.717) is 22.7 Å². The van der Waals surface area contributed by atoms with Crippen molar-refractivity contribution in [1.82, 2.24) is 9.97 Å². The number of pyridine rings is 2. The lowest BCUT2D eigenvalue weighted by molar-refractivity contribution is 1.24. The molecule has 2 aromatic heterocycles. The minimum atomic E-state index is 0.458. The zero-order valence-corrected chi connectivity index (χ0v) is 9.17. The van der Waals surface area contributed by atoms with E-state index >= 15 is 0 Å². The summed E-state index contributed by atoms with van der Waals surface area (Å²) in [6, 6.07) is 11.0. The molecule has 0 aromatic carbocycles. The number of hydrogen-bond donors (Lipinski definition) is 2. The molecule has 84 valence electrons. The van der Waals surface area contributed by atoms with E-state index in [2.05, 4.69) is 9.97 Å². The third-order valence-electron chi connectivity index (χ3n) is 2.32. The van der Waals surface area contributed by atoms with E-state index in [4.69, 9.17) is 11.1 Å². The summed E-state index contributed by atoms with van der Waals surface area (Å²) < 4.78 is 0. The Kier molecular flexibility index (Phi) is 3.25. The van der Waals surface area contributed by atoms with Crippen molar-refractivity contribution in [1.29, 1.82) is 5.41 Å². The molecule has 3 N–H and O–H groups in total. The Bertz CT molecular complexity index is 532. The largest absolute Gasteiger partial charge is 0.396 e. The second kappa shape index (κ2) is 5.03. The maximum Gasteiger partial charge on any atom is 0.0866 e. The maximum atomic E-state index is 7.45. The fraction of sp³-hybridized carbons (Fsp3) is 0. The first kappa shape index (κ1) is 11.0. The molecule has 0 saturated carbocycles. The highest BCUT2D eigenvalue weighted by Gasteiger charge is 2.07. The van der Waals surface area contributed by atoms with Crippen LogP contribution in [0.1, 0.15) is 11.4 Å². The summed E-state index contributed by atoms with van der Waals surface area (Å²) in [5, 5.41) is 7.45. The topological polar surface area (TPSA) is 75.7 Å². The monoisotopic (exact) mass is 224 g/mol. The SMILES string of the molecule is N=CC(=C(N)c1ccccn1)c1ccccn1. The molecule has 0 amide bonds. The van der Waals surface area contributed by atoms with Gasteiger partial charge in [0.1, 0.15) is 0 Å². The van der Waals surface area contributed by atoms with Gasteiger partial charge in [0, 0.05) is 24.2 Å². The van der Waals surface area contributed by atoms with Gasteiger partial charge in [0.2, 0.25) is 0 Å². The molecule has 2 aromatic rings. The summed E-state index contributed by atoms with van der Waals surface area (Å²) in [6.07, 6.45) is 4.54. The summed E-state index contributed by atoms with van der Waals surface area (Å²) in [4.78, 5) is 8.34. The number of allylic oxidation sites excluding steroid dienone is 1. The normalized spacial score (nSPS) is 11.8. The Morgan fingerprint density at radius 1 is 1.00 bits per heavy atom. The average Bonchev–Trinajstić information content (AvgIpc) is 2.42. The van der Waals surface area contributed by atoms with Crippen molar-refractivity contribution >= 4 is 17.5 Å². The van der Waals surface area contributed by atoms with Crippen LogP contribution in [0, 0.1) is 5.41 Å². The first-order valence-corrected chi connectivity index (χ1v) is 5.16. The minimum Gasteiger partial charge on any atom is -0.396 e. The van der Waals surface area contributed by atoms with E-state index in [0.717, 1.165) is 0 Å². The Labute approximate surface area is 99.4 Å². The lowest BCUT2D eigenvalue weighted by Gasteiger charge is -2.06. The van der Waals surface area contributed by atoms with E-state index < -0.39 is 0 Å². The third-order valence-corrected chi connectivity index (χ3v) is 2.32. The van der Waals surface area contributed by atoms with Gasteiger partial charge in [-0.05, 0) is 24.3 Å². The van der Waals surface area contributed by atoms with Crippen LogP contribution in [-0.2, 0) is 0 Å². The van der Waals surface area contributed by atoms with Crippen LogP contribution in [0.15, 0.2) is 48.8 Å². The Morgan fingerprint density at radius 2 is 1.59 bits per heavy atom. The van der Waals surface area contributed by atoms with Crippen molar-refractivity contribution in [3.05, 3.63) is 60.2 Å². The van der Waals surface area contributed by atoms with E-state index in [-0.39, 0.29) is 0 Å². The second-order valence-corrected chi connectivity index (χ2v) is 3.40. The van der Waals surface area contributed by atoms with Crippen LogP contribution in [0.4, 0.5) is 0 Å². The van der Waals surface area contributed by atoms with Crippen LogP contribution in [0.3, 0.4) is 0 Å². The zero-order valence-electron chi connectivity index (χ0n) is 9.17. The molecular weight excluding hydrogens is 212 g/mol. The van der Waals surface area contributed by atoms with Crippen molar-refractivity contribution in [2.45, 2.75) is 0 Å². The van der Waals surface area contributed by atoms with Crippen molar-refractivity contribution in [3.8, 4) is 0 Å². The van der Waals surface area contributed by atoms with Gasteiger partial charge in [-0.2, -0.15) is 0 Å². The molecule has 0 aliphatic heterocycles. The van der Waals surface area contributed by atoms with Crippen LogP contribution in [0.5, 0.6) is 0 Å². The number of aromatic nitrogens is 2. The number of nitrogens with zero attached hydrogens (tertiary/aromatic N) is 2. The van der Waals surface area contributed by atoms with Gasteiger partial charge >= 0.3 is 0 Å². The van der Waals surface area contributed by atoms with Crippen LogP contribution in [0.25, 0.3) is 11.3 Å². The second-order valence-electron chi connectivity index (χ2n) is 3.40. The fourth-order valence-electron chi connectivity index (χ4n) is 1.47. The molecule has 2 heterocycles. The highest BCUT2D eigenvalue weighted by atomic mass is 14.8.